The molecule has 0 bridgehead atoms. The molecule has 0 aromatic heterocycles. The lowest BCUT2D eigenvalue weighted by Gasteiger charge is -2.27. The predicted octanol–water partition coefficient (Wildman–Crippen LogP) is -2.00. The van der Waals surface area contributed by atoms with Gasteiger partial charge in [0.15, 0.2) is 0 Å². The van der Waals surface area contributed by atoms with Gasteiger partial charge in [0.1, 0.15) is 12.1 Å². The van der Waals surface area contributed by atoms with Gasteiger partial charge in [-0.25, -0.2) is 4.79 Å². The van der Waals surface area contributed by atoms with Gasteiger partial charge in [0, 0.05) is 19.4 Å². The molecule has 7 N–H and O–H groups in total. The van der Waals surface area contributed by atoms with E-state index >= 15 is 0 Å². The van der Waals surface area contributed by atoms with Crippen molar-refractivity contribution in [1.29, 1.82) is 0 Å². The van der Waals surface area contributed by atoms with Crippen LogP contribution in [0.4, 0.5) is 0 Å². The van der Waals surface area contributed by atoms with Gasteiger partial charge < -0.3 is 31.9 Å². The Kier molecular flexibility index (Phi) is 7.97. The van der Waals surface area contributed by atoms with Gasteiger partial charge in [-0.1, -0.05) is 0 Å². The maximum atomic E-state index is 12.4. The summed E-state index contributed by atoms with van der Waals surface area (Å²) in [6.45, 7) is 0.275. The van der Waals surface area contributed by atoms with Gasteiger partial charge >= 0.3 is 11.9 Å². The molecule has 3 unspecified atom stereocenters. The molecule has 1 fully saturated rings. The van der Waals surface area contributed by atoms with Crippen molar-refractivity contribution >= 4 is 29.7 Å². The van der Waals surface area contributed by atoms with Crippen LogP contribution < -0.4 is 16.8 Å². The third-order valence-electron chi connectivity index (χ3n) is 4.12. The SMILES string of the molecule is NC(=O)CCC(NC(=O)C1CCCN1C(=O)C(N)CCC(=O)O)C(=O)O. The number of carbonyl (C=O) groups is 5. The number of nitrogens with one attached hydrogen (secondary N) is 1. The molecule has 26 heavy (non-hydrogen) atoms. The van der Waals surface area contributed by atoms with Crippen LogP contribution in [0.3, 0.4) is 0 Å². The van der Waals surface area contributed by atoms with Crippen molar-refractivity contribution in [3.63, 3.8) is 0 Å². The maximum absolute atomic E-state index is 12.4. The Balaban J connectivity index is 2.71. The predicted molar refractivity (Wildman–Crippen MR) is 87.6 cm³/mol. The maximum Gasteiger partial charge on any atom is 0.326 e. The summed E-state index contributed by atoms with van der Waals surface area (Å²) < 4.78 is 0. The highest BCUT2D eigenvalue weighted by Gasteiger charge is 2.37. The van der Waals surface area contributed by atoms with E-state index in [2.05, 4.69) is 5.32 Å². The largest absolute Gasteiger partial charge is 0.481 e. The fourth-order valence-electron chi connectivity index (χ4n) is 2.73. The molecule has 3 atom stereocenters. The van der Waals surface area contributed by atoms with Crippen LogP contribution in [0.25, 0.3) is 0 Å². The number of hydrogen-bond donors (Lipinski definition) is 5. The molecule has 0 spiro atoms. The lowest BCUT2D eigenvalue weighted by molar-refractivity contribution is -0.144. The van der Waals surface area contributed by atoms with Crippen molar-refractivity contribution in [3.05, 3.63) is 0 Å². The second-order valence-electron chi connectivity index (χ2n) is 6.13. The quantitative estimate of drug-likeness (QED) is 0.290. The van der Waals surface area contributed by atoms with Crippen molar-refractivity contribution in [2.24, 2.45) is 11.5 Å². The number of carboxylic acids is 2. The molecule has 146 valence electrons. The van der Waals surface area contributed by atoms with E-state index < -0.39 is 47.8 Å². The van der Waals surface area contributed by atoms with Gasteiger partial charge in [-0.05, 0) is 25.7 Å². The molecule has 0 aliphatic carbocycles. The summed E-state index contributed by atoms with van der Waals surface area (Å²) >= 11 is 0. The summed E-state index contributed by atoms with van der Waals surface area (Å²) in [6.07, 6.45) is 0.181. The first-order chi connectivity index (χ1) is 12.1. The first-order valence-electron chi connectivity index (χ1n) is 8.22. The van der Waals surface area contributed by atoms with Crippen LogP contribution in [-0.4, -0.2) is 69.4 Å². The minimum atomic E-state index is -1.31. The molecule has 0 radical (unpaired) electrons. The zero-order valence-electron chi connectivity index (χ0n) is 14.2. The van der Waals surface area contributed by atoms with Crippen LogP contribution in [0.2, 0.25) is 0 Å². The van der Waals surface area contributed by atoms with E-state index in [0.29, 0.717) is 12.8 Å². The number of nitrogens with zero attached hydrogens (tertiary/aromatic N) is 1. The van der Waals surface area contributed by atoms with Crippen molar-refractivity contribution in [2.75, 3.05) is 6.54 Å². The third-order valence-corrected chi connectivity index (χ3v) is 4.12. The molecule has 1 saturated heterocycles. The van der Waals surface area contributed by atoms with E-state index in [1.54, 1.807) is 0 Å². The van der Waals surface area contributed by atoms with E-state index in [-0.39, 0.29) is 32.2 Å². The minimum absolute atomic E-state index is 0.0602. The number of hydrogen-bond acceptors (Lipinski definition) is 6. The van der Waals surface area contributed by atoms with Crippen LogP contribution >= 0.6 is 0 Å². The number of amides is 3. The summed E-state index contributed by atoms with van der Waals surface area (Å²) in [5.41, 5.74) is 10.7. The number of nitrogens with two attached hydrogens (primary N) is 2. The third kappa shape index (κ3) is 6.31. The highest BCUT2D eigenvalue weighted by atomic mass is 16.4. The molecule has 1 heterocycles. The number of carbonyl (C=O) groups excluding carboxylic acids is 3. The Morgan fingerprint density at radius 2 is 1.77 bits per heavy atom. The zero-order valence-corrected chi connectivity index (χ0v) is 14.2. The molecule has 0 aromatic carbocycles. The Hall–Kier alpha value is -2.69. The van der Waals surface area contributed by atoms with Gasteiger partial charge in [-0.3, -0.25) is 19.2 Å². The lowest BCUT2D eigenvalue weighted by atomic mass is 10.1. The van der Waals surface area contributed by atoms with E-state index in [1.165, 1.54) is 4.90 Å². The summed E-state index contributed by atoms with van der Waals surface area (Å²) in [4.78, 5) is 58.6. The molecule has 1 aliphatic rings. The minimum Gasteiger partial charge on any atom is -0.481 e. The first-order valence-corrected chi connectivity index (χ1v) is 8.22. The smallest absolute Gasteiger partial charge is 0.326 e. The molecule has 11 nitrogen and oxygen atoms in total. The van der Waals surface area contributed by atoms with Gasteiger partial charge in [-0.15, -0.1) is 0 Å². The topological polar surface area (TPSA) is 193 Å². The highest BCUT2D eigenvalue weighted by Crippen LogP contribution is 2.19. The second-order valence-corrected chi connectivity index (χ2v) is 6.13. The van der Waals surface area contributed by atoms with Crippen molar-refractivity contribution in [1.82, 2.24) is 10.2 Å². The summed E-state index contributed by atoms with van der Waals surface area (Å²) in [5, 5.41) is 20.1. The van der Waals surface area contributed by atoms with Crippen molar-refractivity contribution in [3.8, 4) is 0 Å². The van der Waals surface area contributed by atoms with Gasteiger partial charge in [-0.2, -0.15) is 0 Å². The molecule has 1 rings (SSSR count). The Bertz CT molecular complexity index is 580. The molecular weight excluding hydrogens is 348 g/mol. The average Bonchev–Trinajstić information content (AvgIpc) is 3.04. The standard InChI is InChI=1S/C15H24N4O7/c16-8(3-6-12(21)22)14(24)19-7-1-2-10(19)13(23)18-9(15(25)26)4-5-11(17)20/h8-10H,1-7,16H2,(H2,17,20)(H,18,23)(H,21,22)(H,25,26). The second kappa shape index (κ2) is 9.70. The van der Waals surface area contributed by atoms with E-state index in [0.717, 1.165) is 0 Å². The Labute approximate surface area is 149 Å². The zero-order chi connectivity index (χ0) is 19.9. The Morgan fingerprint density at radius 1 is 1.12 bits per heavy atom. The van der Waals surface area contributed by atoms with Gasteiger partial charge in [0.2, 0.25) is 17.7 Å². The van der Waals surface area contributed by atoms with Crippen LogP contribution in [0.15, 0.2) is 0 Å². The number of rotatable bonds is 10. The van der Waals surface area contributed by atoms with E-state index in [4.69, 9.17) is 21.7 Å². The molecule has 0 saturated carbocycles. The molecule has 11 heteroatoms. The number of primary amides is 1. The summed E-state index contributed by atoms with van der Waals surface area (Å²) in [5.74, 6) is -4.28. The fraction of sp³-hybridized carbons (Fsp3) is 0.667. The summed E-state index contributed by atoms with van der Waals surface area (Å²) in [6, 6.07) is -3.23. The van der Waals surface area contributed by atoms with E-state index in [9.17, 15) is 24.0 Å². The van der Waals surface area contributed by atoms with Crippen LogP contribution in [0.1, 0.15) is 38.5 Å². The van der Waals surface area contributed by atoms with Crippen LogP contribution in [-0.2, 0) is 24.0 Å². The van der Waals surface area contributed by atoms with Crippen LogP contribution in [0.5, 0.6) is 0 Å². The average molecular weight is 372 g/mol. The number of aliphatic carboxylic acids is 2. The van der Waals surface area contributed by atoms with E-state index in [1.807, 2.05) is 0 Å². The fourth-order valence-corrected chi connectivity index (χ4v) is 2.73. The normalized spacial score (nSPS) is 18.8. The van der Waals surface area contributed by atoms with Crippen molar-refractivity contribution < 1.29 is 34.2 Å². The highest BCUT2D eigenvalue weighted by molar-refractivity contribution is 5.92. The monoisotopic (exact) mass is 372 g/mol. The van der Waals surface area contributed by atoms with Gasteiger partial charge in [0.25, 0.3) is 0 Å². The number of likely N-dealkylation sites (tertiary alicyclic amines) is 1. The molecule has 0 aromatic rings. The van der Waals surface area contributed by atoms with Crippen molar-refractivity contribution in [2.45, 2.75) is 56.7 Å². The van der Waals surface area contributed by atoms with Gasteiger partial charge in [0.05, 0.1) is 6.04 Å². The molecule has 1 aliphatic heterocycles. The number of carboxylic acid groups (broad SMARTS) is 2. The Morgan fingerprint density at radius 3 is 2.31 bits per heavy atom. The summed E-state index contributed by atoms with van der Waals surface area (Å²) in [7, 11) is 0. The van der Waals surface area contributed by atoms with Crippen LogP contribution in [0, 0.1) is 0 Å². The molecule has 3 amide bonds. The first kappa shape index (κ1) is 21.4. The molecular formula is C15H24N4O7. The lowest BCUT2D eigenvalue weighted by Crippen LogP contribution is -2.54.